The van der Waals surface area contributed by atoms with Gasteiger partial charge in [0.1, 0.15) is 0 Å². The molecule has 1 fully saturated rings. The van der Waals surface area contributed by atoms with Crippen molar-refractivity contribution in [3.63, 3.8) is 0 Å². The van der Waals surface area contributed by atoms with Crippen molar-refractivity contribution in [2.24, 2.45) is 4.99 Å². The van der Waals surface area contributed by atoms with Crippen LogP contribution in [0.25, 0.3) is 0 Å². The summed E-state index contributed by atoms with van der Waals surface area (Å²) >= 11 is 0. The van der Waals surface area contributed by atoms with Gasteiger partial charge in [-0.15, -0.1) is 0 Å². The van der Waals surface area contributed by atoms with Crippen molar-refractivity contribution < 1.29 is 0 Å². The quantitative estimate of drug-likeness (QED) is 0.699. The van der Waals surface area contributed by atoms with Crippen molar-refractivity contribution in [2.75, 3.05) is 18.0 Å². The lowest BCUT2D eigenvalue weighted by Gasteiger charge is -2.18. The monoisotopic (exact) mass is 306 g/mol. The van der Waals surface area contributed by atoms with Crippen molar-refractivity contribution >= 4 is 17.6 Å². The fraction of sp³-hybridized carbons (Fsp3) is 0.381. The molecule has 0 spiro atoms. The molecule has 0 bridgehead atoms. The van der Waals surface area contributed by atoms with Crippen molar-refractivity contribution in [3.05, 3.63) is 59.7 Å². The molecule has 1 aliphatic rings. The molecule has 1 heterocycles. The molecular weight excluding hydrogens is 280 g/mol. The molecular formula is C21H26N2. The summed E-state index contributed by atoms with van der Waals surface area (Å²) in [6.45, 7) is 9.06. The van der Waals surface area contributed by atoms with E-state index in [9.17, 15) is 0 Å². The van der Waals surface area contributed by atoms with Gasteiger partial charge in [0, 0.05) is 25.0 Å². The zero-order chi connectivity index (χ0) is 16.3. The second-order valence-corrected chi connectivity index (χ2v) is 7.34. The Hall–Kier alpha value is -2.09. The Balaban J connectivity index is 1.67. The lowest BCUT2D eigenvalue weighted by Crippen LogP contribution is -2.17. The third-order valence-electron chi connectivity index (χ3n) is 4.46. The van der Waals surface area contributed by atoms with Crippen LogP contribution >= 0.6 is 0 Å². The lowest BCUT2D eigenvalue weighted by molar-refractivity contribution is 0.590. The molecule has 2 heteroatoms. The van der Waals surface area contributed by atoms with Crippen molar-refractivity contribution in [1.82, 2.24) is 0 Å². The van der Waals surface area contributed by atoms with Gasteiger partial charge in [0.15, 0.2) is 0 Å². The van der Waals surface area contributed by atoms with Crippen LogP contribution in [0.2, 0.25) is 0 Å². The number of nitrogens with zero attached hydrogens (tertiary/aromatic N) is 2. The van der Waals surface area contributed by atoms with Gasteiger partial charge < -0.3 is 4.90 Å². The molecule has 2 aromatic rings. The number of benzene rings is 2. The second-order valence-electron chi connectivity index (χ2n) is 7.34. The summed E-state index contributed by atoms with van der Waals surface area (Å²) in [7, 11) is 0. The number of aliphatic imine (C=N–C) groups is 1. The standard InChI is InChI=1S/C21H26N2/c1-21(2,3)18-8-10-19(11-9-18)22-16-17-6-12-20(13-7-17)23-14-4-5-15-23/h6-13,16H,4-5,14-15H2,1-3H3. The molecule has 0 aliphatic carbocycles. The predicted octanol–water partition coefficient (Wildman–Crippen LogP) is 5.33. The molecule has 0 atom stereocenters. The number of hydrogen-bond acceptors (Lipinski definition) is 2. The highest BCUT2D eigenvalue weighted by Gasteiger charge is 2.13. The first-order valence-electron chi connectivity index (χ1n) is 8.52. The molecule has 0 aromatic heterocycles. The Morgan fingerprint density at radius 1 is 0.870 bits per heavy atom. The van der Waals surface area contributed by atoms with Gasteiger partial charge in [-0.3, -0.25) is 4.99 Å². The zero-order valence-corrected chi connectivity index (χ0v) is 14.4. The highest BCUT2D eigenvalue weighted by Crippen LogP contribution is 2.24. The van der Waals surface area contributed by atoms with Gasteiger partial charge in [-0.05, 0) is 53.6 Å². The molecule has 2 aromatic carbocycles. The van der Waals surface area contributed by atoms with Crippen LogP contribution < -0.4 is 4.90 Å². The predicted molar refractivity (Wildman–Crippen MR) is 100 cm³/mol. The van der Waals surface area contributed by atoms with E-state index in [0.29, 0.717) is 0 Å². The van der Waals surface area contributed by atoms with Crippen LogP contribution in [-0.4, -0.2) is 19.3 Å². The number of anilines is 1. The molecule has 1 saturated heterocycles. The Morgan fingerprint density at radius 2 is 1.48 bits per heavy atom. The third-order valence-corrected chi connectivity index (χ3v) is 4.46. The Labute approximate surface area is 139 Å². The summed E-state index contributed by atoms with van der Waals surface area (Å²) in [5, 5.41) is 0. The first-order valence-corrected chi connectivity index (χ1v) is 8.52. The van der Waals surface area contributed by atoms with Gasteiger partial charge in [0.05, 0.1) is 5.69 Å². The van der Waals surface area contributed by atoms with Gasteiger partial charge in [-0.1, -0.05) is 45.0 Å². The number of hydrogen-bond donors (Lipinski definition) is 0. The van der Waals surface area contributed by atoms with Crippen molar-refractivity contribution in [2.45, 2.75) is 39.0 Å². The van der Waals surface area contributed by atoms with E-state index >= 15 is 0 Å². The average Bonchev–Trinajstić information content (AvgIpc) is 3.07. The molecule has 1 aliphatic heterocycles. The summed E-state index contributed by atoms with van der Waals surface area (Å²) in [6.07, 6.45) is 4.57. The largest absolute Gasteiger partial charge is 0.372 e. The van der Waals surface area contributed by atoms with Gasteiger partial charge in [0.2, 0.25) is 0 Å². The molecule has 2 nitrogen and oxygen atoms in total. The van der Waals surface area contributed by atoms with Crippen molar-refractivity contribution in [3.8, 4) is 0 Å². The molecule has 120 valence electrons. The Kier molecular flexibility index (Phi) is 4.51. The summed E-state index contributed by atoms with van der Waals surface area (Å²) in [5.74, 6) is 0. The minimum absolute atomic E-state index is 0.188. The smallest absolute Gasteiger partial charge is 0.0630 e. The summed E-state index contributed by atoms with van der Waals surface area (Å²) < 4.78 is 0. The number of rotatable bonds is 3. The molecule has 0 amide bonds. The van der Waals surface area contributed by atoms with Crippen LogP contribution in [-0.2, 0) is 5.41 Å². The van der Waals surface area contributed by atoms with Gasteiger partial charge in [0.25, 0.3) is 0 Å². The minimum atomic E-state index is 0.188. The first-order chi connectivity index (χ1) is 11.0. The first kappa shape index (κ1) is 15.8. The van der Waals surface area contributed by atoms with Crippen molar-refractivity contribution in [1.29, 1.82) is 0 Å². The van der Waals surface area contributed by atoms with E-state index < -0.39 is 0 Å². The highest BCUT2D eigenvalue weighted by molar-refractivity contribution is 5.82. The minimum Gasteiger partial charge on any atom is -0.372 e. The maximum Gasteiger partial charge on any atom is 0.0630 e. The average molecular weight is 306 g/mol. The van der Waals surface area contributed by atoms with Gasteiger partial charge in [-0.25, -0.2) is 0 Å². The van der Waals surface area contributed by atoms with Crippen LogP contribution in [0, 0.1) is 0 Å². The van der Waals surface area contributed by atoms with Crippen LogP contribution in [0.15, 0.2) is 53.5 Å². The molecule has 0 unspecified atom stereocenters. The summed E-state index contributed by atoms with van der Waals surface area (Å²) in [6, 6.07) is 17.2. The van der Waals surface area contributed by atoms with Gasteiger partial charge in [-0.2, -0.15) is 0 Å². The topological polar surface area (TPSA) is 15.6 Å². The molecule has 0 N–H and O–H groups in total. The van der Waals surface area contributed by atoms with Crippen LogP contribution in [0.4, 0.5) is 11.4 Å². The maximum atomic E-state index is 4.59. The van der Waals surface area contributed by atoms with E-state index in [4.69, 9.17) is 0 Å². The summed E-state index contributed by atoms with van der Waals surface area (Å²) in [5.41, 5.74) is 5.00. The Morgan fingerprint density at radius 3 is 2.04 bits per heavy atom. The summed E-state index contributed by atoms with van der Waals surface area (Å²) in [4.78, 5) is 7.04. The van der Waals surface area contributed by atoms with E-state index in [0.717, 1.165) is 11.3 Å². The second kappa shape index (κ2) is 6.57. The SMILES string of the molecule is CC(C)(C)c1ccc(N=Cc2ccc(N3CCCC3)cc2)cc1. The van der Waals surface area contributed by atoms with E-state index in [1.165, 1.54) is 37.2 Å². The Bertz CT molecular complexity index is 654. The van der Waals surface area contributed by atoms with E-state index in [2.05, 4.69) is 79.2 Å². The van der Waals surface area contributed by atoms with E-state index in [1.807, 2.05) is 6.21 Å². The van der Waals surface area contributed by atoms with Gasteiger partial charge >= 0.3 is 0 Å². The molecule has 0 saturated carbocycles. The molecule has 3 rings (SSSR count). The lowest BCUT2D eigenvalue weighted by atomic mass is 9.87. The highest BCUT2D eigenvalue weighted by atomic mass is 15.1. The fourth-order valence-electron chi connectivity index (χ4n) is 2.94. The fourth-order valence-corrected chi connectivity index (χ4v) is 2.94. The van der Waals surface area contributed by atoms with E-state index in [1.54, 1.807) is 0 Å². The third kappa shape index (κ3) is 4.01. The van der Waals surface area contributed by atoms with Crippen LogP contribution in [0.3, 0.4) is 0 Å². The normalized spacial score (nSPS) is 15.5. The maximum absolute atomic E-state index is 4.59. The zero-order valence-electron chi connectivity index (χ0n) is 14.4. The van der Waals surface area contributed by atoms with Crippen LogP contribution in [0.1, 0.15) is 44.7 Å². The van der Waals surface area contributed by atoms with E-state index in [-0.39, 0.29) is 5.41 Å². The molecule has 0 radical (unpaired) electrons. The van der Waals surface area contributed by atoms with Crippen LogP contribution in [0.5, 0.6) is 0 Å². The molecule has 23 heavy (non-hydrogen) atoms.